The van der Waals surface area contributed by atoms with Crippen LogP contribution in [0.5, 0.6) is 0 Å². The molecule has 9 nitrogen and oxygen atoms in total. The molecule has 2 heterocycles. The molecule has 2 aromatic rings. The zero-order valence-corrected chi connectivity index (χ0v) is 23.4. The molecule has 1 aromatic carbocycles. The first-order valence-electron chi connectivity index (χ1n) is 14.3. The number of nitrogens with one attached hydrogen (secondary N) is 2. The van der Waals surface area contributed by atoms with Gasteiger partial charge in [0.15, 0.2) is 34.2 Å². The smallest absolute Gasteiger partial charge is 0.191 e. The average molecular weight is 578 g/mol. The van der Waals surface area contributed by atoms with Gasteiger partial charge in [0.2, 0.25) is 0 Å². The maximum Gasteiger partial charge on any atom is 0.191 e. The maximum absolute atomic E-state index is 13.8. The number of nitrogen functional groups attached to an aromatic ring is 1. The van der Waals surface area contributed by atoms with Crippen LogP contribution in [0.15, 0.2) is 23.4 Å². The summed E-state index contributed by atoms with van der Waals surface area (Å²) in [4.78, 5) is 9.46. The third-order valence-electron chi connectivity index (χ3n) is 8.23. The fourth-order valence-corrected chi connectivity index (χ4v) is 6.87. The topological polar surface area (TPSA) is 124 Å². The summed E-state index contributed by atoms with van der Waals surface area (Å²) >= 11 is 1.55. The molecule has 1 aromatic heterocycles. The molecule has 5 N–H and O–H groups in total. The molecule has 40 heavy (non-hydrogen) atoms. The van der Waals surface area contributed by atoms with Crippen molar-refractivity contribution in [2.45, 2.75) is 99.1 Å². The van der Waals surface area contributed by atoms with E-state index in [0.717, 1.165) is 55.9 Å². The lowest BCUT2D eigenvalue weighted by Crippen LogP contribution is -2.35. The lowest BCUT2D eigenvalue weighted by molar-refractivity contribution is -0.187. The Balaban J connectivity index is 1.22. The molecule has 6 unspecified atom stereocenters. The number of halogens is 2. The summed E-state index contributed by atoms with van der Waals surface area (Å²) < 4.78 is 46.2. The number of fused-ring (bicyclic) bond motifs is 1. The second kappa shape index (κ2) is 11.6. The number of nitrogens with zero attached hydrogens (tertiary/aromatic N) is 2. The molecule has 1 aliphatic heterocycles. The van der Waals surface area contributed by atoms with Crippen LogP contribution in [0.25, 0.3) is 0 Å². The zero-order chi connectivity index (χ0) is 27.9. The molecular weight excluding hydrogens is 540 g/mol. The van der Waals surface area contributed by atoms with Crippen LogP contribution in [-0.2, 0) is 14.2 Å². The Morgan fingerprint density at radius 3 is 2.50 bits per heavy atom. The molecule has 0 bridgehead atoms. The second-order valence-corrected chi connectivity index (χ2v) is 12.2. The van der Waals surface area contributed by atoms with Gasteiger partial charge in [-0.2, -0.15) is 0 Å². The summed E-state index contributed by atoms with van der Waals surface area (Å²) in [5.74, 6) is -0.329. The van der Waals surface area contributed by atoms with Crippen molar-refractivity contribution in [2.24, 2.45) is 0 Å². The highest BCUT2D eigenvalue weighted by molar-refractivity contribution is 7.99. The van der Waals surface area contributed by atoms with Gasteiger partial charge in [-0.15, -0.1) is 0 Å². The quantitative estimate of drug-likeness (QED) is 0.225. The van der Waals surface area contributed by atoms with Gasteiger partial charge in [0.05, 0.1) is 25.4 Å². The molecule has 218 valence electrons. The molecule has 3 aliphatic carbocycles. The standard InChI is InChI=1S/C28H37F2N5O4S/c1-2-11-40-27-34-25(32-19-13-16(19)15-5-6-17(29)18(30)12-15)22(31)26(35-27)33-20-14-21(37-10-9-36)24-23(20)38-28(39-24)7-3-4-8-28/h5-6,12,16,19-21,23-24,36H,2-4,7-11,13-14,31H2,1H3,(H2,32,33,34,35). The van der Waals surface area contributed by atoms with E-state index in [1.54, 1.807) is 17.8 Å². The maximum atomic E-state index is 13.8. The van der Waals surface area contributed by atoms with Gasteiger partial charge in [-0.25, -0.2) is 18.7 Å². The number of thioether (sulfide) groups is 1. The summed E-state index contributed by atoms with van der Waals surface area (Å²) in [6.07, 6.45) is 5.52. The van der Waals surface area contributed by atoms with Crippen LogP contribution in [0.2, 0.25) is 0 Å². The monoisotopic (exact) mass is 577 g/mol. The summed E-state index contributed by atoms with van der Waals surface area (Å²) in [5, 5.41) is 16.9. The molecule has 4 fully saturated rings. The zero-order valence-electron chi connectivity index (χ0n) is 22.6. The number of hydrogen-bond donors (Lipinski definition) is 4. The normalized spacial score (nSPS) is 30.1. The van der Waals surface area contributed by atoms with Crippen molar-refractivity contribution in [1.29, 1.82) is 0 Å². The number of nitrogens with two attached hydrogens (primary N) is 1. The van der Waals surface area contributed by atoms with Crippen LogP contribution in [0.3, 0.4) is 0 Å². The summed E-state index contributed by atoms with van der Waals surface area (Å²) in [7, 11) is 0. The van der Waals surface area contributed by atoms with Gasteiger partial charge in [0, 0.05) is 30.6 Å². The predicted octanol–water partition coefficient (Wildman–Crippen LogP) is 4.42. The van der Waals surface area contributed by atoms with Gasteiger partial charge in [0.1, 0.15) is 17.9 Å². The van der Waals surface area contributed by atoms with Crippen LogP contribution in [0.4, 0.5) is 26.1 Å². The van der Waals surface area contributed by atoms with Gasteiger partial charge in [-0.3, -0.25) is 0 Å². The van der Waals surface area contributed by atoms with Gasteiger partial charge >= 0.3 is 0 Å². The number of aliphatic hydroxyl groups is 1. The summed E-state index contributed by atoms with van der Waals surface area (Å²) in [6, 6.07) is 3.89. The van der Waals surface area contributed by atoms with E-state index in [1.807, 2.05) is 0 Å². The average Bonchev–Trinajstić information content (AvgIpc) is 3.25. The first kappa shape index (κ1) is 27.9. The Labute approximate surface area is 237 Å². The molecular formula is C28H37F2N5O4S. The first-order valence-corrected chi connectivity index (χ1v) is 15.2. The summed E-state index contributed by atoms with van der Waals surface area (Å²) in [6.45, 7) is 2.27. The number of hydrogen-bond acceptors (Lipinski definition) is 10. The fraction of sp³-hybridized carbons (Fsp3) is 0.643. The lowest BCUT2D eigenvalue weighted by atomic mass is 10.1. The van der Waals surface area contributed by atoms with Crippen molar-refractivity contribution >= 4 is 29.1 Å². The number of rotatable bonds is 11. The van der Waals surface area contributed by atoms with E-state index in [2.05, 4.69) is 17.6 Å². The molecule has 1 saturated heterocycles. The number of aromatic nitrogens is 2. The minimum absolute atomic E-state index is 0.000139. The van der Waals surface area contributed by atoms with Crippen LogP contribution in [0, 0.1) is 11.6 Å². The van der Waals surface area contributed by atoms with Crippen molar-refractivity contribution in [2.75, 3.05) is 35.3 Å². The van der Waals surface area contributed by atoms with Gasteiger partial charge in [-0.05, 0) is 49.8 Å². The van der Waals surface area contributed by atoms with Crippen molar-refractivity contribution in [3.05, 3.63) is 35.4 Å². The largest absolute Gasteiger partial charge is 0.394 e. The van der Waals surface area contributed by atoms with Gasteiger partial charge < -0.3 is 35.7 Å². The van der Waals surface area contributed by atoms with Crippen LogP contribution < -0.4 is 16.4 Å². The third-order valence-corrected chi connectivity index (χ3v) is 9.28. The van der Waals surface area contributed by atoms with Crippen molar-refractivity contribution in [1.82, 2.24) is 9.97 Å². The van der Waals surface area contributed by atoms with E-state index in [9.17, 15) is 13.9 Å². The Hall–Kier alpha value is -2.25. The van der Waals surface area contributed by atoms with Crippen molar-refractivity contribution < 1.29 is 28.1 Å². The predicted molar refractivity (Wildman–Crippen MR) is 148 cm³/mol. The number of anilines is 3. The van der Waals surface area contributed by atoms with E-state index >= 15 is 0 Å². The third kappa shape index (κ3) is 5.61. The van der Waals surface area contributed by atoms with Gasteiger partial charge in [0.25, 0.3) is 0 Å². The highest BCUT2D eigenvalue weighted by atomic mass is 32.2. The summed E-state index contributed by atoms with van der Waals surface area (Å²) in [5.41, 5.74) is 7.76. The van der Waals surface area contributed by atoms with E-state index < -0.39 is 17.4 Å². The minimum atomic E-state index is -0.851. The van der Waals surface area contributed by atoms with Crippen molar-refractivity contribution in [3.8, 4) is 0 Å². The Kier molecular flexibility index (Phi) is 8.06. The molecule has 4 aliphatic rings. The SMILES string of the molecule is CCCSc1nc(NC2CC2c2ccc(F)c(F)c2)c(N)c(NC2CC(OCCO)C3OC4(CCCC4)OC23)n1. The van der Waals surface area contributed by atoms with Gasteiger partial charge in [-0.1, -0.05) is 24.8 Å². The minimum Gasteiger partial charge on any atom is -0.394 e. The molecule has 1 spiro atoms. The number of ether oxygens (including phenoxy) is 3. The van der Waals surface area contributed by atoms with E-state index in [1.165, 1.54) is 6.07 Å². The van der Waals surface area contributed by atoms with Crippen LogP contribution in [0.1, 0.15) is 63.4 Å². The molecule has 0 radical (unpaired) electrons. The number of aliphatic hydroxyl groups excluding tert-OH is 1. The first-order chi connectivity index (χ1) is 19.4. The highest BCUT2D eigenvalue weighted by Gasteiger charge is 2.58. The fourth-order valence-electron chi connectivity index (χ4n) is 6.18. The molecule has 6 atom stereocenters. The van der Waals surface area contributed by atoms with E-state index in [-0.39, 0.29) is 49.5 Å². The van der Waals surface area contributed by atoms with E-state index in [4.69, 9.17) is 29.9 Å². The highest BCUT2D eigenvalue weighted by Crippen LogP contribution is 2.49. The molecule has 6 rings (SSSR count). The lowest BCUT2D eigenvalue weighted by Gasteiger charge is -2.27. The second-order valence-electron chi connectivity index (χ2n) is 11.1. The molecule has 0 amide bonds. The molecule has 3 saturated carbocycles. The van der Waals surface area contributed by atoms with E-state index in [0.29, 0.717) is 28.9 Å². The Bertz CT molecular complexity index is 1220. The number of benzene rings is 1. The Morgan fingerprint density at radius 1 is 1.07 bits per heavy atom. The Morgan fingerprint density at radius 2 is 1.80 bits per heavy atom. The van der Waals surface area contributed by atoms with Crippen LogP contribution >= 0.6 is 11.8 Å². The molecule has 12 heteroatoms. The van der Waals surface area contributed by atoms with Crippen molar-refractivity contribution in [3.63, 3.8) is 0 Å². The van der Waals surface area contributed by atoms with Crippen LogP contribution in [-0.4, -0.2) is 70.2 Å².